The van der Waals surface area contributed by atoms with Gasteiger partial charge in [-0.3, -0.25) is 19.4 Å². The van der Waals surface area contributed by atoms with Crippen molar-refractivity contribution in [1.29, 1.82) is 0 Å². The Balaban J connectivity index is 3.28. The molecule has 0 aliphatic carbocycles. The van der Waals surface area contributed by atoms with Crippen LogP contribution >= 0.6 is 0 Å². The molecule has 154 valence electrons. The number of hydrogen-bond donors (Lipinski definition) is 0. The molecule has 0 saturated heterocycles. The average Bonchev–Trinajstić information content (AvgIpc) is 2.59. The summed E-state index contributed by atoms with van der Waals surface area (Å²) in [7, 11) is 1.21. The van der Waals surface area contributed by atoms with E-state index >= 15 is 0 Å². The van der Waals surface area contributed by atoms with Crippen molar-refractivity contribution in [3.05, 3.63) is 29.6 Å². The Morgan fingerprint density at radius 2 is 1.75 bits per heavy atom. The number of nitrogens with zero attached hydrogens (tertiary/aromatic N) is 1. The standard InChI is InChI=1S/C20H27NO7/c1-13-9-15(11-21-10-13)17(24)20(14(2)22,18(25)28-19(3,4)5)7-8-27-12-16(23)26-6/h9-11H,7-8,12H2,1-6H3. The van der Waals surface area contributed by atoms with Gasteiger partial charge in [-0.2, -0.15) is 0 Å². The van der Waals surface area contributed by atoms with Gasteiger partial charge in [-0.25, -0.2) is 4.79 Å². The van der Waals surface area contributed by atoms with Gasteiger partial charge in [0.25, 0.3) is 0 Å². The maximum absolute atomic E-state index is 13.3. The first-order valence-corrected chi connectivity index (χ1v) is 8.79. The van der Waals surface area contributed by atoms with E-state index in [2.05, 4.69) is 9.72 Å². The molecular weight excluding hydrogens is 366 g/mol. The molecule has 8 heteroatoms. The van der Waals surface area contributed by atoms with E-state index in [1.807, 2.05) is 0 Å². The summed E-state index contributed by atoms with van der Waals surface area (Å²) in [6.45, 7) is 7.27. The lowest BCUT2D eigenvalue weighted by molar-refractivity contribution is -0.167. The monoisotopic (exact) mass is 393 g/mol. The molecule has 0 aromatic carbocycles. The van der Waals surface area contributed by atoms with E-state index in [4.69, 9.17) is 9.47 Å². The van der Waals surface area contributed by atoms with Crippen LogP contribution in [0.5, 0.6) is 0 Å². The van der Waals surface area contributed by atoms with Gasteiger partial charge in [-0.15, -0.1) is 0 Å². The maximum atomic E-state index is 13.3. The highest BCUT2D eigenvalue weighted by atomic mass is 16.6. The van der Waals surface area contributed by atoms with Gasteiger partial charge in [0.15, 0.2) is 17.0 Å². The number of pyridine rings is 1. The summed E-state index contributed by atoms with van der Waals surface area (Å²) < 4.78 is 15.0. The quantitative estimate of drug-likeness (QED) is 0.271. The molecule has 1 aromatic heterocycles. The van der Waals surface area contributed by atoms with Gasteiger partial charge >= 0.3 is 11.9 Å². The van der Waals surface area contributed by atoms with Crippen molar-refractivity contribution < 1.29 is 33.4 Å². The van der Waals surface area contributed by atoms with E-state index < -0.39 is 34.5 Å². The number of Topliss-reactive ketones (excluding diaryl/α,β-unsaturated/α-hetero) is 2. The molecule has 1 heterocycles. The molecule has 0 amide bonds. The van der Waals surface area contributed by atoms with Gasteiger partial charge in [-0.05, 0) is 46.2 Å². The van der Waals surface area contributed by atoms with Crippen LogP contribution in [-0.2, 0) is 28.6 Å². The Kier molecular flexibility index (Phi) is 7.99. The summed E-state index contributed by atoms with van der Waals surface area (Å²) in [5.41, 5.74) is -2.18. The SMILES string of the molecule is COC(=O)COCCC(C(C)=O)(C(=O)OC(C)(C)C)C(=O)c1cncc(C)c1. The number of aryl methyl sites for hydroxylation is 1. The molecule has 8 nitrogen and oxygen atoms in total. The van der Waals surface area contributed by atoms with E-state index in [-0.39, 0.29) is 25.2 Å². The highest BCUT2D eigenvalue weighted by Crippen LogP contribution is 2.32. The number of aromatic nitrogens is 1. The van der Waals surface area contributed by atoms with Crippen molar-refractivity contribution >= 4 is 23.5 Å². The van der Waals surface area contributed by atoms with Crippen molar-refractivity contribution in [2.45, 2.75) is 46.6 Å². The molecule has 1 aromatic rings. The summed E-state index contributed by atoms with van der Waals surface area (Å²) in [5.74, 6) is -2.96. The van der Waals surface area contributed by atoms with Crippen molar-refractivity contribution in [3.63, 3.8) is 0 Å². The molecule has 0 aliphatic rings. The summed E-state index contributed by atoms with van der Waals surface area (Å²) >= 11 is 0. The fourth-order valence-corrected chi connectivity index (χ4v) is 2.52. The van der Waals surface area contributed by atoms with E-state index in [9.17, 15) is 19.2 Å². The second-order valence-corrected chi connectivity index (χ2v) is 7.42. The highest BCUT2D eigenvalue weighted by molar-refractivity contribution is 6.26. The Bertz CT molecular complexity index is 751. The van der Waals surface area contributed by atoms with E-state index in [0.717, 1.165) is 6.92 Å². The molecule has 0 bridgehead atoms. The minimum atomic E-state index is -2.10. The zero-order valence-electron chi connectivity index (χ0n) is 17.2. The molecule has 0 fully saturated rings. The van der Waals surface area contributed by atoms with Crippen LogP contribution in [0.1, 0.15) is 50.0 Å². The van der Waals surface area contributed by atoms with Crippen molar-refractivity contribution in [2.75, 3.05) is 20.3 Å². The number of ketones is 2. The zero-order valence-corrected chi connectivity index (χ0v) is 17.2. The van der Waals surface area contributed by atoms with Crippen LogP contribution in [0, 0.1) is 12.3 Å². The van der Waals surface area contributed by atoms with Crippen LogP contribution in [0.2, 0.25) is 0 Å². The molecule has 1 atom stereocenters. The van der Waals surface area contributed by atoms with Crippen LogP contribution in [0.25, 0.3) is 0 Å². The lowest BCUT2D eigenvalue weighted by Crippen LogP contribution is -2.49. The van der Waals surface area contributed by atoms with Crippen LogP contribution in [0.3, 0.4) is 0 Å². The Morgan fingerprint density at radius 3 is 2.25 bits per heavy atom. The first kappa shape index (κ1) is 23.4. The average molecular weight is 393 g/mol. The topological polar surface area (TPSA) is 109 Å². The molecule has 1 rings (SSSR count). The van der Waals surface area contributed by atoms with E-state index in [1.54, 1.807) is 40.0 Å². The van der Waals surface area contributed by atoms with Gasteiger partial charge in [-0.1, -0.05) is 0 Å². The lowest BCUT2D eigenvalue weighted by Gasteiger charge is -2.31. The lowest BCUT2D eigenvalue weighted by atomic mass is 9.74. The second-order valence-electron chi connectivity index (χ2n) is 7.42. The molecule has 0 radical (unpaired) electrons. The van der Waals surface area contributed by atoms with Crippen LogP contribution < -0.4 is 0 Å². The van der Waals surface area contributed by atoms with Crippen molar-refractivity contribution in [2.24, 2.45) is 5.41 Å². The third-order valence-corrected chi connectivity index (χ3v) is 3.94. The van der Waals surface area contributed by atoms with Gasteiger partial charge in [0.1, 0.15) is 12.2 Å². The summed E-state index contributed by atoms with van der Waals surface area (Å²) in [6, 6.07) is 1.55. The summed E-state index contributed by atoms with van der Waals surface area (Å²) in [4.78, 5) is 54.0. The molecule has 0 saturated carbocycles. The molecular formula is C20H27NO7. The number of carbonyl (C=O) groups is 4. The smallest absolute Gasteiger partial charge is 0.331 e. The second kappa shape index (κ2) is 9.54. The molecule has 0 N–H and O–H groups in total. The van der Waals surface area contributed by atoms with Crippen LogP contribution in [-0.4, -0.2) is 54.4 Å². The van der Waals surface area contributed by atoms with Gasteiger partial charge in [0.05, 0.1) is 7.11 Å². The molecule has 28 heavy (non-hydrogen) atoms. The fourth-order valence-electron chi connectivity index (χ4n) is 2.52. The largest absolute Gasteiger partial charge is 0.467 e. The number of rotatable bonds is 9. The molecule has 0 spiro atoms. The third-order valence-electron chi connectivity index (χ3n) is 3.94. The van der Waals surface area contributed by atoms with E-state index in [1.165, 1.54) is 13.3 Å². The number of ether oxygens (including phenoxy) is 3. The Labute approximate surface area is 164 Å². The van der Waals surface area contributed by atoms with Crippen LogP contribution in [0.15, 0.2) is 18.5 Å². The highest BCUT2D eigenvalue weighted by Gasteiger charge is 2.52. The summed E-state index contributed by atoms with van der Waals surface area (Å²) in [5, 5.41) is 0. The first-order valence-electron chi connectivity index (χ1n) is 8.79. The number of esters is 2. The molecule has 1 unspecified atom stereocenters. The Hall–Kier alpha value is -2.61. The molecule has 0 aliphatic heterocycles. The van der Waals surface area contributed by atoms with Crippen molar-refractivity contribution in [3.8, 4) is 0 Å². The third kappa shape index (κ3) is 5.95. The van der Waals surface area contributed by atoms with Crippen molar-refractivity contribution in [1.82, 2.24) is 4.98 Å². The van der Waals surface area contributed by atoms with Gasteiger partial charge < -0.3 is 14.2 Å². The number of hydrogen-bond acceptors (Lipinski definition) is 8. The minimum absolute atomic E-state index is 0.119. The van der Waals surface area contributed by atoms with Gasteiger partial charge in [0.2, 0.25) is 0 Å². The first-order chi connectivity index (χ1) is 12.9. The zero-order chi connectivity index (χ0) is 21.5. The normalized spacial score (nSPS) is 13.4. The van der Waals surface area contributed by atoms with E-state index in [0.29, 0.717) is 5.56 Å². The minimum Gasteiger partial charge on any atom is -0.467 e. The van der Waals surface area contributed by atoms with Crippen LogP contribution in [0.4, 0.5) is 0 Å². The fraction of sp³-hybridized carbons (Fsp3) is 0.550. The number of carbonyl (C=O) groups excluding carboxylic acids is 4. The maximum Gasteiger partial charge on any atom is 0.331 e. The number of methoxy groups -OCH3 is 1. The predicted octanol–water partition coefficient (Wildman–Crippen LogP) is 2.07. The van der Waals surface area contributed by atoms with Gasteiger partial charge in [0, 0.05) is 31.0 Å². The Morgan fingerprint density at radius 1 is 1.11 bits per heavy atom. The predicted molar refractivity (Wildman–Crippen MR) is 99.7 cm³/mol. The summed E-state index contributed by atoms with van der Waals surface area (Å²) in [6.07, 6.45) is 2.58.